The second-order valence-electron chi connectivity index (χ2n) is 5.95. The Morgan fingerprint density at radius 1 is 1.00 bits per heavy atom. The minimum Gasteiger partial charge on any atom is -0.493 e. The Bertz CT molecular complexity index is 958. The lowest BCUT2D eigenvalue weighted by Crippen LogP contribution is -2.13. The number of nitrogens with zero attached hydrogens (tertiary/aromatic N) is 1. The molecule has 0 aliphatic heterocycles. The fraction of sp³-hybridized carbons (Fsp3) is 0.182. The van der Waals surface area contributed by atoms with Gasteiger partial charge in [0.15, 0.2) is 6.61 Å². The van der Waals surface area contributed by atoms with Crippen molar-refractivity contribution in [3.8, 4) is 17.6 Å². The number of hydrogen-bond acceptors (Lipinski definition) is 4. The molecule has 1 amide bonds. The Morgan fingerprint density at radius 2 is 1.81 bits per heavy atom. The standard InChI is InChI=1S/C22H20N2O3/c23-13-15-26-19-9-4-8-18(16-19)24-22(25)12-5-14-27-21-11-3-7-17-6-1-2-10-20(17)21/h1-4,6-11,16H,5,12,14-15H2,(H,24,25). The number of ether oxygens (including phenoxy) is 2. The maximum atomic E-state index is 12.1. The molecule has 0 radical (unpaired) electrons. The molecule has 0 aromatic heterocycles. The molecule has 5 heteroatoms. The van der Waals surface area contributed by atoms with E-state index in [-0.39, 0.29) is 12.5 Å². The topological polar surface area (TPSA) is 71.3 Å². The van der Waals surface area contributed by atoms with Crippen LogP contribution in [0.1, 0.15) is 12.8 Å². The van der Waals surface area contributed by atoms with Crippen LogP contribution in [-0.4, -0.2) is 19.1 Å². The second-order valence-corrected chi connectivity index (χ2v) is 5.95. The van der Waals surface area contributed by atoms with Crippen LogP contribution in [0.3, 0.4) is 0 Å². The summed E-state index contributed by atoms with van der Waals surface area (Å²) in [6.45, 7) is 0.440. The first-order chi connectivity index (χ1) is 13.3. The normalized spacial score (nSPS) is 10.2. The summed E-state index contributed by atoms with van der Waals surface area (Å²) in [4.78, 5) is 12.1. The molecule has 5 nitrogen and oxygen atoms in total. The molecule has 0 heterocycles. The van der Waals surface area contributed by atoms with Gasteiger partial charge in [-0.1, -0.05) is 42.5 Å². The van der Waals surface area contributed by atoms with Gasteiger partial charge in [-0.3, -0.25) is 4.79 Å². The van der Waals surface area contributed by atoms with Crippen molar-refractivity contribution in [2.75, 3.05) is 18.5 Å². The van der Waals surface area contributed by atoms with Crippen LogP contribution in [0.2, 0.25) is 0 Å². The van der Waals surface area contributed by atoms with Crippen LogP contribution in [-0.2, 0) is 4.79 Å². The predicted molar refractivity (Wildman–Crippen MR) is 105 cm³/mol. The highest BCUT2D eigenvalue weighted by atomic mass is 16.5. The molecule has 3 aromatic rings. The lowest BCUT2D eigenvalue weighted by molar-refractivity contribution is -0.116. The van der Waals surface area contributed by atoms with E-state index in [0.717, 1.165) is 16.5 Å². The van der Waals surface area contributed by atoms with Crippen molar-refractivity contribution in [1.82, 2.24) is 0 Å². The van der Waals surface area contributed by atoms with Gasteiger partial charge in [0.2, 0.25) is 5.91 Å². The molecule has 0 fully saturated rings. The van der Waals surface area contributed by atoms with Crippen molar-refractivity contribution in [2.24, 2.45) is 0 Å². The number of rotatable bonds is 8. The Morgan fingerprint density at radius 3 is 2.70 bits per heavy atom. The molecule has 3 aromatic carbocycles. The van der Waals surface area contributed by atoms with Crippen LogP contribution in [0, 0.1) is 11.3 Å². The number of amides is 1. The minimum absolute atomic E-state index is 0.0249. The fourth-order valence-corrected chi connectivity index (χ4v) is 2.74. The molecule has 0 saturated heterocycles. The summed E-state index contributed by atoms with van der Waals surface area (Å²) in [7, 11) is 0. The summed E-state index contributed by atoms with van der Waals surface area (Å²) >= 11 is 0. The Hall–Kier alpha value is -3.52. The first-order valence-corrected chi connectivity index (χ1v) is 8.76. The van der Waals surface area contributed by atoms with Crippen LogP contribution in [0.4, 0.5) is 5.69 Å². The van der Waals surface area contributed by atoms with Crippen LogP contribution in [0.5, 0.6) is 11.5 Å². The SMILES string of the molecule is N#CCOc1cccc(NC(=O)CCCOc2cccc3ccccc23)c1. The summed E-state index contributed by atoms with van der Waals surface area (Å²) < 4.78 is 11.1. The van der Waals surface area contributed by atoms with E-state index in [1.54, 1.807) is 24.3 Å². The Balaban J connectivity index is 1.46. The predicted octanol–water partition coefficient (Wildman–Crippen LogP) is 4.54. The number of hydrogen-bond donors (Lipinski definition) is 1. The highest BCUT2D eigenvalue weighted by molar-refractivity contribution is 5.91. The van der Waals surface area contributed by atoms with Crippen molar-refractivity contribution in [3.63, 3.8) is 0 Å². The van der Waals surface area contributed by atoms with E-state index in [1.807, 2.05) is 48.5 Å². The third-order valence-corrected chi connectivity index (χ3v) is 3.98. The zero-order valence-corrected chi connectivity index (χ0v) is 14.9. The van der Waals surface area contributed by atoms with Crippen molar-refractivity contribution >= 4 is 22.4 Å². The van der Waals surface area contributed by atoms with Crippen molar-refractivity contribution in [2.45, 2.75) is 12.8 Å². The van der Waals surface area contributed by atoms with Gasteiger partial charge >= 0.3 is 0 Å². The summed E-state index contributed by atoms with van der Waals surface area (Å²) in [6, 6.07) is 22.9. The van der Waals surface area contributed by atoms with E-state index in [1.165, 1.54) is 0 Å². The molecule has 0 aliphatic carbocycles. The molecular weight excluding hydrogens is 340 g/mol. The average Bonchev–Trinajstić information content (AvgIpc) is 2.70. The number of benzene rings is 3. The smallest absolute Gasteiger partial charge is 0.224 e. The molecule has 136 valence electrons. The molecule has 0 bridgehead atoms. The van der Waals surface area contributed by atoms with Crippen LogP contribution in [0.15, 0.2) is 66.7 Å². The molecule has 0 spiro atoms. The molecule has 0 aliphatic rings. The highest BCUT2D eigenvalue weighted by Crippen LogP contribution is 2.25. The third kappa shape index (κ3) is 5.23. The van der Waals surface area contributed by atoms with Gasteiger partial charge < -0.3 is 14.8 Å². The molecule has 1 N–H and O–H groups in total. The number of carbonyl (C=O) groups excluding carboxylic acids is 1. The zero-order valence-electron chi connectivity index (χ0n) is 14.9. The van der Waals surface area contributed by atoms with Crippen molar-refractivity contribution in [1.29, 1.82) is 5.26 Å². The first kappa shape index (κ1) is 18.3. The summed E-state index contributed by atoms with van der Waals surface area (Å²) in [5.41, 5.74) is 0.644. The lowest BCUT2D eigenvalue weighted by atomic mass is 10.1. The number of fused-ring (bicyclic) bond motifs is 1. The molecular formula is C22H20N2O3. The van der Waals surface area contributed by atoms with Gasteiger partial charge in [0.25, 0.3) is 0 Å². The van der Waals surface area contributed by atoms with E-state index in [2.05, 4.69) is 5.32 Å². The molecule has 0 unspecified atom stereocenters. The molecule has 27 heavy (non-hydrogen) atoms. The lowest BCUT2D eigenvalue weighted by Gasteiger charge is -2.10. The third-order valence-electron chi connectivity index (χ3n) is 3.98. The van der Waals surface area contributed by atoms with E-state index < -0.39 is 0 Å². The van der Waals surface area contributed by atoms with Crippen LogP contribution >= 0.6 is 0 Å². The maximum absolute atomic E-state index is 12.1. The van der Waals surface area contributed by atoms with E-state index >= 15 is 0 Å². The van der Waals surface area contributed by atoms with Crippen molar-refractivity contribution < 1.29 is 14.3 Å². The minimum atomic E-state index is -0.0889. The van der Waals surface area contributed by atoms with Gasteiger partial charge in [0.1, 0.15) is 17.6 Å². The monoisotopic (exact) mass is 360 g/mol. The molecule has 0 atom stereocenters. The molecule has 0 saturated carbocycles. The second kappa shape index (κ2) is 9.25. The Labute approximate surface area is 158 Å². The van der Waals surface area contributed by atoms with Gasteiger partial charge in [-0.2, -0.15) is 5.26 Å². The van der Waals surface area contributed by atoms with E-state index in [0.29, 0.717) is 30.9 Å². The number of carbonyl (C=O) groups is 1. The molecule has 3 rings (SSSR count). The fourth-order valence-electron chi connectivity index (χ4n) is 2.74. The summed E-state index contributed by atoms with van der Waals surface area (Å²) in [5.74, 6) is 1.29. The van der Waals surface area contributed by atoms with Gasteiger partial charge in [-0.15, -0.1) is 0 Å². The first-order valence-electron chi connectivity index (χ1n) is 8.76. The van der Waals surface area contributed by atoms with Crippen LogP contribution in [0.25, 0.3) is 10.8 Å². The van der Waals surface area contributed by atoms with Gasteiger partial charge in [-0.05, 0) is 30.0 Å². The zero-order chi connectivity index (χ0) is 18.9. The largest absolute Gasteiger partial charge is 0.493 e. The highest BCUT2D eigenvalue weighted by Gasteiger charge is 2.05. The summed E-state index contributed by atoms with van der Waals surface area (Å²) in [5, 5.41) is 13.6. The maximum Gasteiger partial charge on any atom is 0.224 e. The van der Waals surface area contributed by atoms with Gasteiger partial charge in [0, 0.05) is 23.6 Å². The van der Waals surface area contributed by atoms with E-state index in [4.69, 9.17) is 14.7 Å². The summed E-state index contributed by atoms with van der Waals surface area (Å²) in [6.07, 6.45) is 0.966. The quantitative estimate of drug-likeness (QED) is 0.599. The number of anilines is 1. The van der Waals surface area contributed by atoms with Gasteiger partial charge in [0.05, 0.1) is 6.61 Å². The van der Waals surface area contributed by atoms with Gasteiger partial charge in [-0.25, -0.2) is 0 Å². The van der Waals surface area contributed by atoms with Crippen molar-refractivity contribution in [3.05, 3.63) is 66.7 Å². The van der Waals surface area contributed by atoms with E-state index in [9.17, 15) is 4.79 Å². The van der Waals surface area contributed by atoms with Crippen LogP contribution < -0.4 is 14.8 Å². The average molecular weight is 360 g/mol. The number of nitrogens with one attached hydrogen (secondary N) is 1. The Kier molecular flexibility index (Phi) is 6.26. The number of nitriles is 1.